The van der Waals surface area contributed by atoms with Gasteiger partial charge in [0.25, 0.3) is 0 Å². The maximum absolute atomic E-state index is 9.44. The van der Waals surface area contributed by atoms with Gasteiger partial charge >= 0.3 is 0 Å². The molecule has 1 saturated heterocycles. The first-order chi connectivity index (χ1) is 11.1. The van der Waals surface area contributed by atoms with Gasteiger partial charge in [-0.25, -0.2) is 0 Å². The molecule has 0 amide bonds. The third-order valence-corrected chi connectivity index (χ3v) is 4.57. The Morgan fingerprint density at radius 2 is 1.61 bits per heavy atom. The molecule has 1 aromatic carbocycles. The zero-order valence-corrected chi connectivity index (χ0v) is 14.0. The first-order valence-electron chi connectivity index (χ1n) is 7.59. The zero-order valence-electron chi connectivity index (χ0n) is 13.3. The minimum absolute atomic E-state index is 0.637. The Kier molecular flexibility index (Phi) is 4.35. The number of benzene rings is 1. The predicted octanol–water partition coefficient (Wildman–Crippen LogP) is 2.95. The van der Waals surface area contributed by atoms with Crippen molar-refractivity contribution < 1.29 is 0 Å². The van der Waals surface area contributed by atoms with Crippen molar-refractivity contribution in [2.75, 3.05) is 36.0 Å². The molecule has 0 unspecified atom stereocenters. The quantitative estimate of drug-likeness (QED) is 0.848. The number of rotatable bonds is 2. The van der Waals surface area contributed by atoms with Crippen molar-refractivity contribution in [3.63, 3.8) is 0 Å². The maximum Gasteiger partial charge on any atom is 0.169 e. The highest BCUT2D eigenvalue weighted by Crippen LogP contribution is 2.24. The highest BCUT2D eigenvalue weighted by molar-refractivity contribution is 6.30. The summed E-state index contributed by atoms with van der Waals surface area (Å²) in [5.74, 6) is 0.700. The number of nitriles is 1. The van der Waals surface area contributed by atoms with Crippen LogP contribution in [0.25, 0.3) is 0 Å². The predicted molar refractivity (Wildman–Crippen MR) is 92.1 cm³/mol. The van der Waals surface area contributed by atoms with Crippen LogP contribution in [0, 0.1) is 25.2 Å². The summed E-state index contributed by atoms with van der Waals surface area (Å²) in [6.45, 7) is 7.19. The molecule has 5 nitrogen and oxygen atoms in total. The molecule has 0 atom stereocenters. The van der Waals surface area contributed by atoms with Crippen molar-refractivity contribution in [2.24, 2.45) is 0 Å². The summed E-state index contributed by atoms with van der Waals surface area (Å²) < 4.78 is 0. The van der Waals surface area contributed by atoms with Gasteiger partial charge in [-0.15, -0.1) is 5.10 Å². The molecule has 0 N–H and O–H groups in total. The second-order valence-electron chi connectivity index (χ2n) is 5.67. The summed E-state index contributed by atoms with van der Waals surface area (Å²) in [5.41, 5.74) is 3.53. The first kappa shape index (κ1) is 15.6. The lowest BCUT2D eigenvalue weighted by Crippen LogP contribution is -2.47. The highest BCUT2D eigenvalue weighted by atomic mass is 35.5. The molecule has 1 aliphatic rings. The molecular weight excluding hydrogens is 310 g/mol. The third-order valence-electron chi connectivity index (χ3n) is 4.32. The fourth-order valence-corrected chi connectivity index (χ4v) is 2.91. The summed E-state index contributed by atoms with van der Waals surface area (Å²) in [4.78, 5) is 4.46. The Balaban J connectivity index is 1.76. The number of hydrogen-bond donors (Lipinski definition) is 0. The lowest BCUT2D eigenvalue weighted by molar-refractivity contribution is 0.641. The molecule has 0 spiro atoms. The van der Waals surface area contributed by atoms with Gasteiger partial charge in [-0.2, -0.15) is 10.4 Å². The van der Waals surface area contributed by atoms with Gasteiger partial charge in [0.05, 0.1) is 5.69 Å². The molecule has 23 heavy (non-hydrogen) atoms. The molecule has 3 rings (SSSR count). The van der Waals surface area contributed by atoms with Crippen LogP contribution >= 0.6 is 11.6 Å². The van der Waals surface area contributed by atoms with E-state index in [4.69, 9.17) is 11.6 Å². The summed E-state index contributed by atoms with van der Waals surface area (Å²) >= 11 is 5.94. The van der Waals surface area contributed by atoms with Crippen LogP contribution in [0.4, 0.5) is 11.5 Å². The Morgan fingerprint density at radius 1 is 1.00 bits per heavy atom. The molecule has 118 valence electrons. The summed E-state index contributed by atoms with van der Waals surface area (Å²) in [7, 11) is 0. The van der Waals surface area contributed by atoms with Crippen molar-refractivity contribution in [1.29, 1.82) is 5.26 Å². The van der Waals surface area contributed by atoms with Crippen molar-refractivity contribution in [3.8, 4) is 6.07 Å². The zero-order chi connectivity index (χ0) is 16.4. The van der Waals surface area contributed by atoms with Crippen LogP contribution in [-0.2, 0) is 0 Å². The van der Waals surface area contributed by atoms with Gasteiger partial charge in [-0.3, -0.25) is 0 Å². The van der Waals surface area contributed by atoms with Gasteiger partial charge in [0, 0.05) is 36.9 Å². The van der Waals surface area contributed by atoms with Gasteiger partial charge in [0.2, 0.25) is 0 Å². The van der Waals surface area contributed by atoms with Crippen molar-refractivity contribution in [2.45, 2.75) is 13.8 Å². The number of aromatic nitrogens is 2. The van der Waals surface area contributed by atoms with Crippen LogP contribution in [0.5, 0.6) is 0 Å². The SMILES string of the molecule is Cc1nnc(N2CCN(c3ccc(Cl)cc3)CC2)c(C#N)c1C. The van der Waals surface area contributed by atoms with Crippen molar-refractivity contribution in [3.05, 3.63) is 46.1 Å². The van der Waals surface area contributed by atoms with E-state index in [1.165, 1.54) is 5.69 Å². The average molecular weight is 328 g/mol. The van der Waals surface area contributed by atoms with Crippen LogP contribution in [0.3, 0.4) is 0 Å². The Labute approximate surface area is 141 Å². The molecule has 0 saturated carbocycles. The van der Waals surface area contributed by atoms with Gasteiger partial charge in [0.15, 0.2) is 5.82 Å². The van der Waals surface area contributed by atoms with Crippen LogP contribution < -0.4 is 9.80 Å². The second kappa shape index (κ2) is 6.43. The first-order valence-corrected chi connectivity index (χ1v) is 7.97. The van der Waals surface area contributed by atoms with Crippen LogP contribution in [0.2, 0.25) is 5.02 Å². The molecule has 0 radical (unpaired) electrons. The Bertz CT molecular complexity index is 743. The lowest BCUT2D eigenvalue weighted by Gasteiger charge is -2.37. The third kappa shape index (κ3) is 3.08. The van der Waals surface area contributed by atoms with E-state index in [-0.39, 0.29) is 0 Å². The normalized spacial score (nSPS) is 14.7. The number of aryl methyl sites for hydroxylation is 1. The van der Waals surface area contributed by atoms with E-state index in [2.05, 4.69) is 26.1 Å². The highest BCUT2D eigenvalue weighted by Gasteiger charge is 2.22. The number of piperazine rings is 1. The standard InChI is InChI=1S/C17H18ClN5/c1-12-13(2)20-21-17(16(12)11-19)23-9-7-22(8-10-23)15-5-3-14(18)4-6-15/h3-6H,7-10H2,1-2H3. The average Bonchev–Trinajstić information content (AvgIpc) is 2.58. The van der Waals surface area contributed by atoms with Gasteiger partial charge in [-0.05, 0) is 43.7 Å². The van der Waals surface area contributed by atoms with E-state index in [9.17, 15) is 5.26 Å². The Hall–Kier alpha value is -2.32. The van der Waals surface area contributed by atoms with Crippen molar-refractivity contribution in [1.82, 2.24) is 10.2 Å². The van der Waals surface area contributed by atoms with E-state index in [0.29, 0.717) is 11.4 Å². The van der Waals surface area contributed by atoms with Crippen LogP contribution in [0.15, 0.2) is 24.3 Å². The Morgan fingerprint density at radius 3 is 2.22 bits per heavy atom. The van der Waals surface area contributed by atoms with E-state index < -0.39 is 0 Å². The fourth-order valence-electron chi connectivity index (χ4n) is 2.78. The molecule has 1 aromatic heterocycles. The maximum atomic E-state index is 9.44. The van der Waals surface area contributed by atoms with Crippen molar-refractivity contribution >= 4 is 23.1 Å². The molecule has 6 heteroatoms. The van der Waals surface area contributed by atoms with E-state index in [1.54, 1.807) is 0 Å². The molecule has 1 fully saturated rings. The molecular formula is C17H18ClN5. The summed E-state index contributed by atoms with van der Waals surface area (Å²) in [5, 5.41) is 18.6. The topological polar surface area (TPSA) is 56.1 Å². The number of anilines is 2. The fraction of sp³-hybridized carbons (Fsp3) is 0.353. The summed E-state index contributed by atoms with van der Waals surface area (Å²) in [6.07, 6.45) is 0. The molecule has 2 aromatic rings. The van der Waals surface area contributed by atoms with Gasteiger partial charge in [-0.1, -0.05) is 11.6 Å². The van der Waals surface area contributed by atoms with Gasteiger partial charge in [0.1, 0.15) is 11.6 Å². The number of hydrogen-bond acceptors (Lipinski definition) is 5. The largest absolute Gasteiger partial charge is 0.368 e. The minimum atomic E-state index is 0.637. The van der Waals surface area contributed by atoms with Crippen LogP contribution in [-0.4, -0.2) is 36.4 Å². The summed E-state index contributed by atoms with van der Waals surface area (Å²) in [6, 6.07) is 10.2. The van der Waals surface area contributed by atoms with E-state index in [0.717, 1.165) is 42.5 Å². The molecule has 0 aliphatic carbocycles. The number of nitrogens with zero attached hydrogens (tertiary/aromatic N) is 5. The molecule has 1 aliphatic heterocycles. The van der Waals surface area contributed by atoms with E-state index in [1.807, 2.05) is 38.1 Å². The van der Waals surface area contributed by atoms with Crippen LogP contribution in [0.1, 0.15) is 16.8 Å². The smallest absolute Gasteiger partial charge is 0.169 e. The molecule has 0 bridgehead atoms. The second-order valence-corrected chi connectivity index (χ2v) is 6.11. The number of halogens is 1. The minimum Gasteiger partial charge on any atom is -0.368 e. The van der Waals surface area contributed by atoms with Gasteiger partial charge < -0.3 is 9.80 Å². The lowest BCUT2D eigenvalue weighted by atomic mass is 10.1. The molecule has 2 heterocycles. The monoisotopic (exact) mass is 327 g/mol. The van der Waals surface area contributed by atoms with E-state index >= 15 is 0 Å².